The summed E-state index contributed by atoms with van der Waals surface area (Å²) in [5, 5.41) is 8.59. The van der Waals surface area contributed by atoms with Gasteiger partial charge in [0.2, 0.25) is 5.88 Å². The molecule has 0 atom stereocenters. The molecule has 0 aliphatic heterocycles. The summed E-state index contributed by atoms with van der Waals surface area (Å²) in [6.45, 7) is 3.08. The van der Waals surface area contributed by atoms with Crippen molar-refractivity contribution in [2.45, 2.75) is 13.3 Å². The van der Waals surface area contributed by atoms with E-state index in [9.17, 15) is 0 Å². The second kappa shape index (κ2) is 7.86. The van der Waals surface area contributed by atoms with Gasteiger partial charge >= 0.3 is 0 Å². The SMILES string of the molecule is CCOc1ccccc1-c1nnc2cncc(OCCc3ccccc3)n12. The minimum absolute atomic E-state index is 0.537. The lowest BCUT2D eigenvalue weighted by Gasteiger charge is -2.11. The molecule has 0 radical (unpaired) electrons. The number of hydrogen-bond acceptors (Lipinski definition) is 5. The molecule has 0 unspecified atom stereocenters. The highest BCUT2D eigenvalue weighted by molar-refractivity contribution is 5.67. The van der Waals surface area contributed by atoms with E-state index >= 15 is 0 Å². The van der Waals surface area contributed by atoms with Crippen LogP contribution in [0.15, 0.2) is 67.0 Å². The summed E-state index contributed by atoms with van der Waals surface area (Å²) in [7, 11) is 0. The third-order valence-corrected chi connectivity index (χ3v) is 4.19. The third kappa shape index (κ3) is 3.60. The van der Waals surface area contributed by atoms with Crippen LogP contribution in [0.5, 0.6) is 11.6 Å². The average Bonchev–Trinajstić information content (AvgIpc) is 3.14. The zero-order chi connectivity index (χ0) is 18.5. The van der Waals surface area contributed by atoms with Crippen LogP contribution in [0.4, 0.5) is 0 Å². The predicted octanol–water partition coefficient (Wildman–Crippen LogP) is 3.81. The molecule has 0 aliphatic carbocycles. The van der Waals surface area contributed by atoms with Gasteiger partial charge in [0.15, 0.2) is 11.5 Å². The van der Waals surface area contributed by atoms with Crippen molar-refractivity contribution >= 4 is 5.65 Å². The van der Waals surface area contributed by atoms with E-state index in [4.69, 9.17) is 9.47 Å². The van der Waals surface area contributed by atoms with Gasteiger partial charge in [0.1, 0.15) is 5.75 Å². The van der Waals surface area contributed by atoms with E-state index in [1.165, 1.54) is 5.56 Å². The molecule has 0 saturated heterocycles. The van der Waals surface area contributed by atoms with E-state index in [0.29, 0.717) is 30.6 Å². The Morgan fingerprint density at radius 3 is 2.56 bits per heavy atom. The van der Waals surface area contributed by atoms with Crippen LogP contribution in [-0.2, 0) is 6.42 Å². The van der Waals surface area contributed by atoms with Crippen molar-refractivity contribution in [1.29, 1.82) is 0 Å². The molecular formula is C21H20N4O2. The number of fused-ring (bicyclic) bond motifs is 1. The van der Waals surface area contributed by atoms with E-state index in [2.05, 4.69) is 27.3 Å². The summed E-state index contributed by atoms with van der Waals surface area (Å²) in [6, 6.07) is 18.0. The summed E-state index contributed by atoms with van der Waals surface area (Å²) < 4.78 is 13.6. The van der Waals surface area contributed by atoms with E-state index in [1.807, 2.05) is 53.8 Å². The first-order chi connectivity index (χ1) is 13.4. The van der Waals surface area contributed by atoms with Gasteiger partial charge in [0.25, 0.3) is 0 Å². The van der Waals surface area contributed by atoms with Crippen molar-refractivity contribution in [2.75, 3.05) is 13.2 Å². The van der Waals surface area contributed by atoms with Crippen LogP contribution in [0.2, 0.25) is 0 Å². The van der Waals surface area contributed by atoms with Gasteiger partial charge in [-0.1, -0.05) is 42.5 Å². The van der Waals surface area contributed by atoms with Gasteiger partial charge in [-0.05, 0) is 24.6 Å². The maximum absolute atomic E-state index is 6.02. The van der Waals surface area contributed by atoms with Gasteiger partial charge in [-0.3, -0.25) is 4.98 Å². The molecule has 0 bridgehead atoms. The number of benzene rings is 2. The van der Waals surface area contributed by atoms with E-state index in [-0.39, 0.29) is 0 Å². The molecule has 0 fully saturated rings. The Labute approximate surface area is 157 Å². The number of hydrogen-bond donors (Lipinski definition) is 0. The van der Waals surface area contributed by atoms with Crippen LogP contribution in [0, 0.1) is 0 Å². The Kier molecular flexibility index (Phi) is 4.96. The van der Waals surface area contributed by atoms with Crippen molar-refractivity contribution in [3.63, 3.8) is 0 Å². The Bertz CT molecular complexity index is 1030. The fourth-order valence-electron chi connectivity index (χ4n) is 2.95. The molecule has 27 heavy (non-hydrogen) atoms. The standard InChI is InChI=1S/C21H20N4O2/c1-2-26-18-11-7-6-10-17(18)21-24-23-19-14-22-15-20(25(19)21)27-13-12-16-8-4-3-5-9-16/h3-11,14-15H,2,12-13H2,1H3. The summed E-state index contributed by atoms with van der Waals surface area (Å²) in [6.07, 6.45) is 4.17. The molecule has 2 heterocycles. The second-order valence-electron chi connectivity index (χ2n) is 5.98. The Morgan fingerprint density at radius 2 is 1.70 bits per heavy atom. The summed E-state index contributed by atoms with van der Waals surface area (Å²) in [4.78, 5) is 4.22. The Balaban J connectivity index is 1.66. The van der Waals surface area contributed by atoms with Gasteiger partial charge in [-0.2, -0.15) is 0 Å². The molecule has 0 aliphatic rings. The molecule has 4 rings (SSSR count). The molecule has 2 aromatic carbocycles. The first kappa shape index (κ1) is 17.0. The first-order valence-electron chi connectivity index (χ1n) is 8.95. The van der Waals surface area contributed by atoms with Gasteiger partial charge in [-0.25, -0.2) is 4.40 Å². The van der Waals surface area contributed by atoms with Gasteiger partial charge in [-0.15, -0.1) is 10.2 Å². The van der Waals surface area contributed by atoms with Crippen molar-refractivity contribution < 1.29 is 9.47 Å². The zero-order valence-corrected chi connectivity index (χ0v) is 15.1. The highest BCUT2D eigenvalue weighted by atomic mass is 16.5. The lowest BCUT2D eigenvalue weighted by Crippen LogP contribution is -2.06. The summed E-state index contributed by atoms with van der Waals surface area (Å²) >= 11 is 0. The Hall–Kier alpha value is -3.41. The lowest BCUT2D eigenvalue weighted by atomic mass is 10.2. The lowest BCUT2D eigenvalue weighted by molar-refractivity contribution is 0.304. The van der Waals surface area contributed by atoms with Gasteiger partial charge < -0.3 is 9.47 Å². The maximum atomic E-state index is 6.02. The van der Waals surface area contributed by atoms with E-state index < -0.39 is 0 Å². The molecule has 2 aromatic heterocycles. The fraction of sp³-hybridized carbons (Fsp3) is 0.190. The average molecular weight is 360 g/mol. The molecule has 0 saturated carbocycles. The van der Waals surface area contributed by atoms with Crippen molar-refractivity contribution in [2.24, 2.45) is 0 Å². The van der Waals surface area contributed by atoms with Crippen LogP contribution in [-0.4, -0.2) is 32.8 Å². The second-order valence-corrected chi connectivity index (χ2v) is 5.98. The number of para-hydroxylation sites is 1. The van der Waals surface area contributed by atoms with E-state index in [0.717, 1.165) is 17.7 Å². The van der Waals surface area contributed by atoms with Gasteiger partial charge in [0.05, 0.1) is 31.2 Å². The number of rotatable bonds is 7. The number of ether oxygens (including phenoxy) is 2. The summed E-state index contributed by atoms with van der Waals surface area (Å²) in [5.41, 5.74) is 2.72. The topological polar surface area (TPSA) is 61.5 Å². The minimum Gasteiger partial charge on any atom is -0.493 e. The largest absolute Gasteiger partial charge is 0.493 e. The molecule has 6 heteroatoms. The highest BCUT2D eigenvalue weighted by Gasteiger charge is 2.16. The van der Waals surface area contributed by atoms with Crippen molar-refractivity contribution in [1.82, 2.24) is 19.6 Å². The predicted molar refractivity (Wildman–Crippen MR) is 103 cm³/mol. The summed E-state index contributed by atoms with van der Waals surface area (Å²) in [5.74, 6) is 2.04. The molecule has 136 valence electrons. The quantitative estimate of drug-likeness (QED) is 0.501. The van der Waals surface area contributed by atoms with Gasteiger partial charge in [0, 0.05) is 6.42 Å². The monoisotopic (exact) mass is 360 g/mol. The number of nitrogens with zero attached hydrogens (tertiary/aromatic N) is 4. The third-order valence-electron chi connectivity index (χ3n) is 4.19. The molecular weight excluding hydrogens is 340 g/mol. The van der Waals surface area contributed by atoms with Crippen LogP contribution in [0.25, 0.3) is 17.0 Å². The molecule has 6 nitrogen and oxygen atoms in total. The highest BCUT2D eigenvalue weighted by Crippen LogP contribution is 2.30. The molecule has 0 N–H and O–H groups in total. The molecule has 4 aromatic rings. The number of aromatic nitrogens is 4. The van der Waals surface area contributed by atoms with Crippen molar-refractivity contribution in [3.05, 3.63) is 72.6 Å². The van der Waals surface area contributed by atoms with Crippen LogP contribution in [0.3, 0.4) is 0 Å². The van der Waals surface area contributed by atoms with Crippen molar-refractivity contribution in [3.8, 4) is 23.0 Å². The first-order valence-corrected chi connectivity index (χ1v) is 8.95. The van der Waals surface area contributed by atoms with E-state index in [1.54, 1.807) is 12.4 Å². The molecule has 0 amide bonds. The normalized spacial score (nSPS) is 10.9. The Morgan fingerprint density at radius 1 is 0.889 bits per heavy atom. The molecule has 0 spiro atoms. The van der Waals surface area contributed by atoms with Crippen LogP contribution >= 0.6 is 0 Å². The zero-order valence-electron chi connectivity index (χ0n) is 15.1. The van der Waals surface area contributed by atoms with Crippen LogP contribution < -0.4 is 9.47 Å². The smallest absolute Gasteiger partial charge is 0.220 e. The van der Waals surface area contributed by atoms with Crippen LogP contribution in [0.1, 0.15) is 12.5 Å². The maximum Gasteiger partial charge on any atom is 0.220 e. The fourth-order valence-corrected chi connectivity index (χ4v) is 2.95. The minimum atomic E-state index is 0.537.